The molecule has 1 aromatic rings. The Kier molecular flexibility index (Phi) is 4.57. The van der Waals surface area contributed by atoms with Gasteiger partial charge in [-0.15, -0.1) is 0 Å². The number of anilines is 1. The maximum absolute atomic E-state index is 12.1. The zero-order valence-corrected chi connectivity index (χ0v) is 13.1. The molecule has 1 aromatic carbocycles. The minimum absolute atomic E-state index is 0.0117. The van der Waals surface area contributed by atoms with E-state index >= 15 is 0 Å². The SMILES string of the molecule is COc1ccc([N+](=O)[O-])cc1N1CC(CS(=O)(=O)Cl)CC1=O. The van der Waals surface area contributed by atoms with Gasteiger partial charge in [-0.3, -0.25) is 14.9 Å². The monoisotopic (exact) mass is 348 g/mol. The van der Waals surface area contributed by atoms with Gasteiger partial charge < -0.3 is 9.64 Å². The molecular formula is C12H13ClN2O6S. The van der Waals surface area contributed by atoms with Crippen LogP contribution in [0.2, 0.25) is 0 Å². The van der Waals surface area contributed by atoms with Crippen molar-refractivity contribution in [1.82, 2.24) is 0 Å². The van der Waals surface area contributed by atoms with E-state index in [-0.39, 0.29) is 36.0 Å². The third kappa shape index (κ3) is 3.66. The number of methoxy groups -OCH3 is 1. The largest absolute Gasteiger partial charge is 0.495 e. The van der Waals surface area contributed by atoms with Crippen LogP contribution < -0.4 is 9.64 Å². The maximum Gasteiger partial charge on any atom is 0.271 e. The molecule has 0 radical (unpaired) electrons. The van der Waals surface area contributed by atoms with E-state index in [4.69, 9.17) is 15.4 Å². The molecule has 0 spiro atoms. The quantitative estimate of drug-likeness (QED) is 0.453. The number of hydrogen-bond acceptors (Lipinski definition) is 6. The third-order valence-electron chi connectivity index (χ3n) is 3.30. The van der Waals surface area contributed by atoms with Crippen molar-refractivity contribution in [2.45, 2.75) is 6.42 Å². The fourth-order valence-electron chi connectivity index (χ4n) is 2.41. The predicted octanol–water partition coefficient (Wildman–Crippen LogP) is 1.52. The van der Waals surface area contributed by atoms with Gasteiger partial charge in [0, 0.05) is 41.7 Å². The van der Waals surface area contributed by atoms with Gasteiger partial charge in [0.05, 0.1) is 23.5 Å². The summed E-state index contributed by atoms with van der Waals surface area (Å²) in [6.07, 6.45) is 0.0117. The van der Waals surface area contributed by atoms with Crippen molar-refractivity contribution in [3.8, 4) is 5.75 Å². The second-order valence-corrected chi connectivity index (χ2v) is 7.71. The molecule has 2 rings (SSSR count). The zero-order chi connectivity index (χ0) is 16.5. The molecule has 1 unspecified atom stereocenters. The molecule has 8 nitrogen and oxygen atoms in total. The van der Waals surface area contributed by atoms with Gasteiger partial charge in [-0.1, -0.05) is 0 Å². The standard InChI is InChI=1S/C12H13ClN2O6S/c1-21-11-3-2-9(15(17)18)5-10(11)14-6-8(4-12(14)16)7-22(13,19)20/h2-3,5,8H,4,6-7H2,1H3. The molecule has 0 bridgehead atoms. The van der Waals surface area contributed by atoms with Crippen molar-refractivity contribution in [2.75, 3.05) is 24.3 Å². The van der Waals surface area contributed by atoms with Crippen LogP contribution in [0, 0.1) is 16.0 Å². The van der Waals surface area contributed by atoms with E-state index in [1.54, 1.807) is 0 Å². The molecule has 0 saturated carbocycles. The number of nitrogens with zero attached hydrogens (tertiary/aromatic N) is 2. The smallest absolute Gasteiger partial charge is 0.271 e. The van der Waals surface area contributed by atoms with Crippen LogP contribution in [0.15, 0.2) is 18.2 Å². The van der Waals surface area contributed by atoms with E-state index in [1.807, 2.05) is 0 Å². The lowest BCUT2D eigenvalue weighted by Gasteiger charge is -2.19. The molecule has 1 aliphatic rings. The average Bonchev–Trinajstić information content (AvgIpc) is 2.76. The van der Waals surface area contributed by atoms with Crippen LogP contribution in [0.4, 0.5) is 11.4 Å². The summed E-state index contributed by atoms with van der Waals surface area (Å²) in [5, 5.41) is 10.9. The van der Waals surface area contributed by atoms with E-state index in [9.17, 15) is 23.3 Å². The van der Waals surface area contributed by atoms with Crippen molar-refractivity contribution in [3.05, 3.63) is 28.3 Å². The molecule has 10 heteroatoms. The molecule has 1 heterocycles. The number of hydrogen-bond donors (Lipinski definition) is 0. The van der Waals surface area contributed by atoms with Crippen molar-refractivity contribution in [3.63, 3.8) is 0 Å². The highest BCUT2D eigenvalue weighted by molar-refractivity contribution is 8.13. The molecule has 22 heavy (non-hydrogen) atoms. The second-order valence-electron chi connectivity index (χ2n) is 4.89. The van der Waals surface area contributed by atoms with Crippen molar-refractivity contribution in [2.24, 2.45) is 5.92 Å². The van der Waals surface area contributed by atoms with Crippen molar-refractivity contribution in [1.29, 1.82) is 0 Å². The number of carbonyl (C=O) groups is 1. The molecule has 1 fully saturated rings. The number of amides is 1. The summed E-state index contributed by atoms with van der Waals surface area (Å²) in [5.74, 6) is -0.815. The Balaban J connectivity index is 2.33. The van der Waals surface area contributed by atoms with Crippen LogP contribution in [0.5, 0.6) is 5.75 Å². The number of nitro groups is 1. The Bertz CT molecular complexity index is 720. The van der Waals surface area contributed by atoms with Gasteiger partial charge in [0.25, 0.3) is 5.69 Å². The number of rotatable bonds is 5. The fourth-order valence-corrected chi connectivity index (χ4v) is 3.73. The molecule has 120 valence electrons. The Labute approximate surface area is 131 Å². The Morgan fingerprint density at radius 3 is 2.73 bits per heavy atom. The van der Waals surface area contributed by atoms with E-state index in [1.165, 1.54) is 30.2 Å². The lowest BCUT2D eigenvalue weighted by molar-refractivity contribution is -0.384. The molecule has 0 aliphatic carbocycles. The molecule has 1 atom stereocenters. The van der Waals surface area contributed by atoms with Crippen LogP contribution in [0.25, 0.3) is 0 Å². The molecule has 1 saturated heterocycles. The summed E-state index contributed by atoms with van der Waals surface area (Å²) in [6.45, 7) is 0.113. The molecule has 1 amide bonds. The van der Waals surface area contributed by atoms with Gasteiger partial charge in [0.15, 0.2) is 0 Å². The maximum atomic E-state index is 12.1. The number of ether oxygens (including phenoxy) is 1. The van der Waals surface area contributed by atoms with Gasteiger partial charge in [-0.25, -0.2) is 8.42 Å². The molecule has 1 aliphatic heterocycles. The van der Waals surface area contributed by atoms with Gasteiger partial charge in [-0.2, -0.15) is 0 Å². The highest BCUT2D eigenvalue weighted by Gasteiger charge is 2.35. The van der Waals surface area contributed by atoms with Crippen LogP contribution >= 0.6 is 10.7 Å². The van der Waals surface area contributed by atoms with E-state index < -0.39 is 19.9 Å². The predicted molar refractivity (Wildman–Crippen MR) is 79.7 cm³/mol. The highest BCUT2D eigenvalue weighted by atomic mass is 35.7. The summed E-state index contributed by atoms with van der Waals surface area (Å²) in [4.78, 5) is 23.7. The van der Waals surface area contributed by atoms with Crippen LogP contribution in [-0.4, -0.2) is 38.7 Å². The van der Waals surface area contributed by atoms with Crippen LogP contribution in [0.1, 0.15) is 6.42 Å². The van der Waals surface area contributed by atoms with Gasteiger partial charge in [0.1, 0.15) is 5.75 Å². The lowest BCUT2D eigenvalue weighted by Crippen LogP contribution is -2.26. The minimum Gasteiger partial charge on any atom is -0.495 e. The number of non-ortho nitro benzene ring substituents is 1. The van der Waals surface area contributed by atoms with Crippen molar-refractivity contribution >= 4 is 37.0 Å². The number of carbonyl (C=O) groups excluding carboxylic acids is 1. The Hall–Kier alpha value is -1.87. The van der Waals surface area contributed by atoms with E-state index in [2.05, 4.69) is 0 Å². The topological polar surface area (TPSA) is 107 Å². The highest BCUT2D eigenvalue weighted by Crippen LogP contribution is 2.36. The first kappa shape index (κ1) is 16.5. The van der Waals surface area contributed by atoms with E-state index in [0.29, 0.717) is 5.75 Å². The van der Waals surface area contributed by atoms with Gasteiger partial charge in [-0.05, 0) is 6.07 Å². The second kappa shape index (κ2) is 6.09. The third-order valence-corrected chi connectivity index (χ3v) is 4.55. The summed E-state index contributed by atoms with van der Waals surface area (Å²) in [7, 11) is 2.87. The normalized spacial score (nSPS) is 18.5. The molecule has 0 N–H and O–H groups in total. The molecule has 0 aromatic heterocycles. The summed E-state index contributed by atoms with van der Waals surface area (Å²) < 4.78 is 27.4. The zero-order valence-electron chi connectivity index (χ0n) is 11.6. The number of halogens is 1. The Morgan fingerprint density at radius 2 is 2.18 bits per heavy atom. The summed E-state index contributed by atoms with van der Waals surface area (Å²) >= 11 is 0. The van der Waals surface area contributed by atoms with Crippen molar-refractivity contribution < 1.29 is 22.9 Å². The van der Waals surface area contributed by atoms with Gasteiger partial charge >= 0.3 is 0 Å². The number of nitro benzene ring substituents is 1. The first-order chi connectivity index (χ1) is 10.2. The van der Waals surface area contributed by atoms with Crippen LogP contribution in [0.3, 0.4) is 0 Å². The summed E-state index contributed by atoms with van der Waals surface area (Å²) in [5.41, 5.74) is 0.0631. The first-order valence-corrected chi connectivity index (χ1v) is 8.74. The van der Waals surface area contributed by atoms with Crippen LogP contribution in [-0.2, 0) is 13.8 Å². The van der Waals surface area contributed by atoms with E-state index in [0.717, 1.165) is 0 Å². The lowest BCUT2D eigenvalue weighted by atomic mass is 10.1. The summed E-state index contributed by atoms with van der Waals surface area (Å²) in [6, 6.07) is 3.89. The van der Waals surface area contributed by atoms with Gasteiger partial charge in [0.2, 0.25) is 15.0 Å². The Morgan fingerprint density at radius 1 is 1.50 bits per heavy atom. The average molecular weight is 349 g/mol. The fraction of sp³-hybridized carbons (Fsp3) is 0.417. The molecular weight excluding hydrogens is 336 g/mol. The number of benzene rings is 1. The minimum atomic E-state index is -3.72. The first-order valence-electron chi connectivity index (χ1n) is 6.26.